The molecule has 0 aliphatic carbocycles. The Morgan fingerprint density at radius 1 is 1.47 bits per heavy atom. The van der Waals surface area contributed by atoms with Gasteiger partial charge in [-0.15, -0.1) is 0 Å². The summed E-state index contributed by atoms with van der Waals surface area (Å²) in [6.45, 7) is 1.39. The Hall–Kier alpha value is -2.08. The van der Waals surface area contributed by atoms with Crippen LogP contribution in [0.4, 0.5) is 0 Å². The number of rotatable bonds is 2. The first-order valence-electron chi connectivity index (χ1n) is 6.38. The third kappa shape index (κ3) is 2.39. The van der Waals surface area contributed by atoms with Gasteiger partial charge in [-0.3, -0.25) is 9.89 Å². The SMILES string of the molecule is NC1CCN(C(=O)c2cc(-c3ccco3)[nH]n2)CC1. The summed E-state index contributed by atoms with van der Waals surface area (Å²) in [5, 5.41) is 6.88. The van der Waals surface area contributed by atoms with Crippen LogP contribution < -0.4 is 5.73 Å². The number of furan rings is 1. The number of nitrogens with zero attached hydrogens (tertiary/aromatic N) is 2. The Morgan fingerprint density at radius 2 is 2.26 bits per heavy atom. The van der Waals surface area contributed by atoms with E-state index in [0.29, 0.717) is 30.2 Å². The predicted molar refractivity (Wildman–Crippen MR) is 69.4 cm³/mol. The van der Waals surface area contributed by atoms with Gasteiger partial charge < -0.3 is 15.1 Å². The third-order valence-corrected chi connectivity index (χ3v) is 3.41. The second kappa shape index (κ2) is 4.89. The molecular formula is C13H16N4O2. The highest BCUT2D eigenvalue weighted by Crippen LogP contribution is 2.19. The van der Waals surface area contributed by atoms with E-state index in [-0.39, 0.29) is 11.9 Å². The molecule has 0 bridgehead atoms. The van der Waals surface area contributed by atoms with Crippen LogP contribution in [0.2, 0.25) is 0 Å². The number of carbonyl (C=O) groups excluding carboxylic acids is 1. The van der Waals surface area contributed by atoms with Crippen molar-refractivity contribution in [2.24, 2.45) is 5.73 Å². The van der Waals surface area contributed by atoms with E-state index in [1.807, 2.05) is 6.07 Å². The number of nitrogens with two attached hydrogens (primary N) is 1. The zero-order valence-corrected chi connectivity index (χ0v) is 10.5. The maximum Gasteiger partial charge on any atom is 0.274 e. The molecule has 1 fully saturated rings. The fourth-order valence-electron chi connectivity index (χ4n) is 2.25. The molecule has 19 heavy (non-hydrogen) atoms. The molecule has 1 aliphatic rings. The van der Waals surface area contributed by atoms with Crippen LogP contribution in [0.15, 0.2) is 28.9 Å². The number of nitrogens with one attached hydrogen (secondary N) is 1. The van der Waals surface area contributed by atoms with E-state index in [4.69, 9.17) is 10.2 Å². The number of aromatic amines is 1. The number of carbonyl (C=O) groups is 1. The van der Waals surface area contributed by atoms with Crippen LogP contribution in [0.25, 0.3) is 11.5 Å². The van der Waals surface area contributed by atoms with Gasteiger partial charge in [0.1, 0.15) is 5.69 Å². The highest BCUT2D eigenvalue weighted by molar-refractivity contribution is 5.93. The van der Waals surface area contributed by atoms with Gasteiger partial charge in [-0.1, -0.05) is 0 Å². The Balaban J connectivity index is 1.74. The Labute approximate surface area is 110 Å². The van der Waals surface area contributed by atoms with Crippen LogP contribution in [0.3, 0.4) is 0 Å². The van der Waals surface area contributed by atoms with Crippen LogP contribution in [0, 0.1) is 0 Å². The second-order valence-electron chi connectivity index (χ2n) is 4.77. The molecule has 0 unspecified atom stereocenters. The monoisotopic (exact) mass is 260 g/mol. The smallest absolute Gasteiger partial charge is 0.274 e. The van der Waals surface area contributed by atoms with Crippen molar-refractivity contribution >= 4 is 5.91 Å². The van der Waals surface area contributed by atoms with Gasteiger partial charge in [0, 0.05) is 25.2 Å². The summed E-state index contributed by atoms with van der Waals surface area (Å²) in [5.74, 6) is 0.619. The van der Waals surface area contributed by atoms with E-state index in [1.54, 1.807) is 23.3 Å². The minimum atomic E-state index is -0.0547. The summed E-state index contributed by atoms with van der Waals surface area (Å²) in [6.07, 6.45) is 3.28. The highest BCUT2D eigenvalue weighted by atomic mass is 16.3. The van der Waals surface area contributed by atoms with E-state index in [1.165, 1.54) is 0 Å². The lowest BCUT2D eigenvalue weighted by Gasteiger charge is -2.29. The molecule has 1 aliphatic heterocycles. The molecule has 0 radical (unpaired) electrons. The Morgan fingerprint density at radius 3 is 2.95 bits per heavy atom. The first-order chi connectivity index (χ1) is 9.24. The van der Waals surface area contributed by atoms with Crippen molar-refractivity contribution in [2.75, 3.05) is 13.1 Å². The number of piperidine rings is 1. The molecule has 0 spiro atoms. The topological polar surface area (TPSA) is 88.1 Å². The summed E-state index contributed by atoms with van der Waals surface area (Å²) in [7, 11) is 0. The van der Waals surface area contributed by atoms with Crippen molar-refractivity contribution in [3.8, 4) is 11.5 Å². The van der Waals surface area contributed by atoms with Crippen LogP contribution in [0.5, 0.6) is 0 Å². The van der Waals surface area contributed by atoms with E-state index < -0.39 is 0 Å². The molecule has 0 atom stereocenters. The quantitative estimate of drug-likeness (QED) is 0.850. The van der Waals surface area contributed by atoms with E-state index in [0.717, 1.165) is 12.8 Å². The number of aromatic nitrogens is 2. The third-order valence-electron chi connectivity index (χ3n) is 3.41. The average Bonchev–Trinajstić information content (AvgIpc) is 3.10. The van der Waals surface area contributed by atoms with Crippen LogP contribution in [-0.4, -0.2) is 40.1 Å². The summed E-state index contributed by atoms with van der Waals surface area (Å²) >= 11 is 0. The van der Waals surface area contributed by atoms with Gasteiger partial charge in [0.2, 0.25) is 0 Å². The molecule has 3 rings (SSSR count). The molecule has 3 heterocycles. The summed E-state index contributed by atoms with van der Waals surface area (Å²) in [4.78, 5) is 14.1. The number of likely N-dealkylation sites (tertiary alicyclic amines) is 1. The fraction of sp³-hybridized carbons (Fsp3) is 0.385. The lowest BCUT2D eigenvalue weighted by Crippen LogP contribution is -2.42. The Bertz CT molecular complexity index is 553. The van der Waals surface area contributed by atoms with Gasteiger partial charge in [-0.2, -0.15) is 5.10 Å². The van der Waals surface area contributed by atoms with Gasteiger partial charge in [0.15, 0.2) is 11.5 Å². The molecule has 3 N–H and O–H groups in total. The van der Waals surface area contributed by atoms with Crippen LogP contribution in [-0.2, 0) is 0 Å². The first kappa shape index (κ1) is 12.0. The largest absolute Gasteiger partial charge is 0.463 e. The molecule has 6 nitrogen and oxygen atoms in total. The van der Waals surface area contributed by atoms with E-state index in [9.17, 15) is 4.79 Å². The lowest BCUT2D eigenvalue weighted by molar-refractivity contribution is 0.0709. The molecule has 100 valence electrons. The van der Waals surface area contributed by atoms with Gasteiger partial charge in [-0.25, -0.2) is 0 Å². The molecule has 0 aromatic carbocycles. The number of amides is 1. The van der Waals surface area contributed by atoms with Crippen molar-refractivity contribution < 1.29 is 9.21 Å². The first-order valence-corrected chi connectivity index (χ1v) is 6.38. The summed E-state index contributed by atoms with van der Waals surface area (Å²) < 4.78 is 5.26. The molecular weight excluding hydrogens is 244 g/mol. The zero-order valence-electron chi connectivity index (χ0n) is 10.5. The maximum absolute atomic E-state index is 12.3. The van der Waals surface area contributed by atoms with Crippen molar-refractivity contribution in [2.45, 2.75) is 18.9 Å². The van der Waals surface area contributed by atoms with Crippen LogP contribution in [0.1, 0.15) is 23.3 Å². The maximum atomic E-state index is 12.3. The van der Waals surface area contributed by atoms with Crippen LogP contribution >= 0.6 is 0 Å². The summed E-state index contributed by atoms with van der Waals surface area (Å²) in [6, 6.07) is 5.54. The van der Waals surface area contributed by atoms with E-state index in [2.05, 4.69) is 10.2 Å². The van der Waals surface area contributed by atoms with Crippen molar-refractivity contribution in [3.63, 3.8) is 0 Å². The van der Waals surface area contributed by atoms with Gasteiger partial charge >= 0.3 is 0 Å². The zero-order chi connectivity index (χ0) is 13.2. The minimum absolute atomic E-state index is 0.0547. The number of hydrogen-bond acceptors (Lipinski definition) is 4. The molecule has 1 saturated heterocycles. The molecule has 0 saturated carbocycles. The van der Waals surface area contributed by atoms with Crippen molar-refractivity contribution in [1.82, 2.24) is 15.1 Å². The van der Waals surface area contributed by atoms with E-state index >= 15 is 0 Å². The van der Waals surface area contributed by atoms with Gasteiger partial charge in [0.05, 0.1) is 6.26 Å². The van der Waals surface area contributed by atoms with Gasteiger partial charge in [0.25, 0.3) is 5.91 Å². The van der Waals surface area contributed by atoms with Gasteiger partial charge in [-0.05, 0) is 25.0 Å². The molecule has 1 amide bonds. The lowest BCUT2D eigenvalue weighted by atomic mass is 10.1. The fourth-order valence-corrected chi connectivity index (χ4v) is 2.25. The second-order valence-corrected chi connectivity index (χ2v) is 4.77. The summed E-state index contributed by atoms with van der Waals surface area (Å²) in [5.41, 5.74) is 6.96. The standard InChI is InChI=1S/C13H16N4O2/c14-9-3-5-17(6-4-9)13(18)11-8-10(15-16-11)12-2-1-7-19-12/h1-2,7-9H,3-6,14H2,(H,15,16). The van der Waals surface area contributed by atoms with Crippen molar-refractivity contribution in [1.29, 1.82) is 0 Å². The minimum Gasteiger partial charge on any atom is -0.463 e. The normalized spacial score (nSPS) is 16.8. The van der Waals surface area contributed by atoms with Crippen molar-refractivity contribution in [3.05, 3.63) is 30.2 Å². The molecule has 6 heteroatoms. The molecule has 2 aromatic heterocycles. The molecule has 2 aromatic rings. The number of hydrogen-bond donors (Lipinski definition) is 2. The Kier molecular flexibility index (Phi) is 3.08. The predicted octanol–water partition coefficient (Wildman–Crippen LogP) is 1.23. The highest BCUT2D eigenvalue weighted by Gasteiger charge is 2.23. The average molecular weight is 260 g/mol. The number of H-pyrrole nitrogens is 1.